The van der Waals surface area contributed by atoms with Crippen molar-refractivity contribution in [3.05, 3.63) is 54.1 Å². The molecule has 1 aliphatic rings. The fraction of sp³-hybridized carbons (Fsp3) is 0.316. The summed E-state index contributed by atoms with van der Waals surface area (Å²) in [6, 6.07) is 15.4. The lowest BCUT2D eigenvalue weighted by molar-refractivity contribution is -0.121. The van der Waals surface area contributed by atoms with E-state index in [9.17, 15) is 4.79 Å². The summed E-state index contributed by atoms with van der Waals surface area (Å²) in [5, 5.41) is 0. The zero-order valence-electron chi connectivity index (χ0n) is 13.5. The molecule has 1 unspecified atom stereocenters. The highest BCUT2D eigenvalue weighted by Gasteiger charge is 2.27. The van der Waals surface area contributed by atoms with Crippen LogP contribution in [0, 0.1) is 0 Å². The molecule has 0 aromatic heterocycles. The second-order valence-corrected chi connectivity index (χ2v) is 5.69. The Morgan fingerprint density at radius 3 is 2.70 bits per heavy atom. The van der Waals surface area contributed by atoms with Crippen LogP contribution < -0.4 is 14.4 Å². The number of benzene rings is 2. The molecule has 2 aromatic carbocycles. The SMILES string of the molecule is CCc1ccc(OCC(=O)N2CC(C)Oc3ccccc32)cc1. The molecule has 1 amide bonds. The molecule has 0 N–H and O–H groups in total. The van der Waals surface area contributed by atoms with Crippen molar-refractivity contribution in [3.63, 3.8) is 0 Å². The lowest BCUT2D eigenvalue weighted by atomic mass is 10.2. The van der Waals surface area contributed by atoms with Gasteiger partial charge in [0, 0.05) is 0 Å². The maximum Gasteiger partial charge on any atom is 0.265 e. The van der Waals surface area contributed by atoms with Gasteiger partial charge in [-0.15, -0.1) is 0 Å². The first-order valence-electron chi connectivity index (χ1n) is 7.95. The third-order valence-electron chi connectivity index (χ3n) is 3.92. The second kappa shape index (κ2) is 6.73. The van der Waals surface area contributed by atoms with Crippen LogP contribution in [0.2, 0.25) is 0 Å². The van der Waals surface area contributed by atoms with Gasteiger partial charge in [-0.3, -0.25) is 4.79 Å². The minimum Gasteiger partial charge on any atom is -0.487 e. The van der Waals surface area contributed by atoms with E-state index in [2.05, 4.69) is 6.92 Å². The van der Waals surface area contributed by atoms with E-state index >= 15 is 0 Å². The number of nitrogens with zero attached hydrogens (tertiary/aromatic N) is 1. The monoisotopic (exact) mass is 311 g/mol. The van der Waals surface area contributed by atoms with E-state index in [4.69, 9.17) is 9.47 Å². The Hall–Kier alpha value is -2.49. The van der Waals surface area contributed by atoms with Gasteiger partial charge >= 0.3 is 0 Å². The van der Waals surface area contributed by atoms with E-state index in [1.807, 2.05) is 55.5 Å². The molecule has 23 heavy (non-hydrogen) atoms. The summed E-state index contributed by atoms with van der Waals surface area (Å²) in [7, 11) is 0. The highest BCUT2D eigenvalue weighted by Crippen LogP contribution is 2.33. The maximum absolute atomic E-state index is 12.5. The van der Waals surface area contributed by atoms with Gasteiger partial charge in [-0.05, 0) is 43.2 Å². The number of para-hydroxylation sites is 2. The summed E-state index contributed by atoms with van der Waals surface area (Å²) < 4.78 is 11.4. The fourth-order valence-corrected chi connectivity index (χ4v) is 2.67. The van der Waals surface area contributed by atoms with E-state index < -0.39 is 0 Å². The number of anilines is 1. The van der Waals surface area contributed by atoms with E-state index in [1.165, 1.54) is 5.56 Å². The van der Waals surface area contributed by atoms with Crippen molar-refractivity contribution < 1.29 is 14.3 Å². The van der Waals surface area contributed by atoms with Crippen LogP contribution in [-0.4, -0.2) is 25.2 Å². The molecule has 120 valence electrons. The third-order valence-corrected chi connectivity index (χ3v) is 3.92. The number of aryl methyl sites for hydroxylation is 1. The molecule has 0 spiro atoms. The Balaban J connectivity index is 1.68. The van der Waals surface area contributed by atoms with Crippen molar-refractivity contribution in [2.75, 3.05) is 18.1 Å². The molecule has 0 aliphatic carbocycles. The zero-order chi connectivity index (χ0) is 16.2. The van der Waals surface area contributed by atoms with Crippen molar-refractivity contribution >= 4 is 11.6 Å². The van der Waals surface area contributed by atoms with E-state index in [0.717, 1.165) is 17.9 Å². The number of rotatable bonds is 4. The van der Waals surface area contributed by atoms with Crippen LogP contribution in [0.15, 0.2) is 48.5 Å². The van der Waals surface area contributed by atoms with Crippen molar-refractivity contribution in [2.24, 2.45) is 0 Å². The number of carbonyl (C=O) groups is 1. The minimum atomic E-state index is -0.0628. The third kappa shape index (κ3) is 3.47. The Labute approximate surface area is 136 Å². The van der Waals surface area contributed by atoms with Crippen LogP contribution in [0.1, 0.15) is 19.4 Å². The second-order valence-electron chi connectivity index (χ2n) is 5.69. The quantitative estimate of drug-likeness (QED) is 0.868. The summed E-state index contributed by atoms with van der Waals surface area (Å²) in [6.07, 6.45) is 0.958. The van der Waals surface area contributed by atoms with Gasteiger partial charge < -0.3 is 14.4 Å². The molecule has 2 aromatic rings. The molecule has 0 radical (unpaired) electrons. The lowest BCUT2D eigenvalue weighted by Crippen LogP contribution is -2.44. The molecule has 0 saturated heterocycles. The molecular weight excluding hydrogens is 290 g/mol. The normalized spacial score (nSPS) is 16.4. The Morgan fingerprint density at radius 1 is 1.22 bits per heavy atom. The maximum atomic E-state index is 12.5. The van der Waals surface area contributed by atoms with Crippen LogP contribution >= 0.6 is 0 Å². The molecule has 4 heteroatoms. The highest BCUT2D eigenvalue weighted by molar-refractivity contribution is 5.96. The smallest absolute Gasteiger partial charge is 0.265 e. The molecule has 0 saturated carbocycles. The average Bonchev–Trinajstić information content (AvgIpc) is 2.59. The van der Waals surface area contributed by atoms with Crippen LogP contribution in [0.4, 0.5) is 5.69 Å². The van der Waals surface area contributed by atoms with Crippen LogP contribution in [0.25, 0.3) is 0 Å². The highest BCUT2D eigenvalue weighted by atomic mass is 16.5. The first-order chi connectivity index (χ1) is 11.2. The summed E-state index contributed by atoms with van der Waals surface area (Å²) in [5.74, 6) is 1.39. The van der Waals surface area contributed by atoms with Gasteiger partial charge in [0.05, 0.1) is 12.2 Å². The van der Waals surface area contributed by atoms with Crippen molar-refractivity contribution in [3.8, 4) is 11.5 Å². The zero-order valence-corrected chi connectivity index (χ0v) is 13.5. The standard InChI is InChI=1S/C19H21NO3/c1-3-15-8-10-16(11-9-15)22-13-19(21)20-12-14(2)23-18-7-5-4-6-17(18)20/h4-11,14H,3,12-13H2,1-2H3. The number of amides is 1. The predicted molar refractivity (Wildman–Crippen MR) is 90.2 cm³/mol. The predicted octanol–water partition coefficient (Wildman–Crippen LogP) is 3.44. The number of hydrogen-bond donors (Lipinski definition) is 0. The van der Waals surface area contributed by atoms with Crippen molar-refractivity contribution in [2.45, 2.75) is 26.4 Å². The number of ether oxygens (including phenoxy) is 2. The van der Waals surface area contributed by atoms with E-state index in [1.54, 1.807) is 4.90 Å². The van der Waals surface area contributed by atoms with Gasteiger partial charge in [0.15, 0.2) is 6.61 Å². The Bertz CT molecular complexity index is 681. The lowest BCUT2D eigenvalue weighted by Gasteiger charge is -2.33. The summed E-state index contributed by atoms with van der Waals surface area (Å²) in [5.41, 5.74) is 2.06. The van der Waals surface area contributed by atoms with Gasteiger partial charge in [0.2, 0.25) is 0 Å². The molecule has 1 heterocycles. The minimum absolute atomic E-state index is 0.0204. The number of fused-ring (bicyclic) bond motifs is 1. The molecule has 3 rings (SSSR count). The van der Waals surface area contributed by atoms with Crippen molar-refractivity contribution in [1.29, 1.82) is 0 Å². The topological polar surface area (TPSA) is 38.8 Å². The van der Waals surface area contributed by atoms with Gasteiger partial charge in [0.1, 0.15) is 17.6 Å². The molecule has 1 aliphatic heterocycles. The molecule has 0 bridgehead atoms. The molecular formula is C19H21NO3. The van der Waals surface area contributed by atoms with Crippen LogP contribution in [0.3, 0.4) is 0 Å². The number of hydrogen-bond acceptors (Lipinski definition) is 3. The first kappa shape index (κ1) is 15.4. The van der Waals surface area contributed by atoms with Gasteiger partial charge in [-0.25, -0.2) is 0 Å². The van der Waals surface area contributed by atoms with Gasteiger partial charge in [-0.2, -0.15) is 0 Å². The summed E-state index contributed by atoms with van der Waals surface area (Å²) >= 11 is 0. The average molecular weight is 311 g/mol. The number of carbonyl (C=O) groups excluding carboxylic acids is 1. The summed E-state index contributed by atoms with van der Waals surface area (Å²) in [4.78, 5) is 14.3. The Kier molecular flexibility index (Phi) is 4.51. The molecule has 4 nitrogen and oxygen atoms in total. The van der Waals surface area contributed by atoms with E-state index in [-0.39, 0.29) is 18.6 Å². The van der Waals surface area contributed by atoms with E-state index in [0.29, 0.717) is 12.3 Å². The fourth-order valence-electron chi connectivity index (χ4n) is 2.67. The van der Waals surface area contributed by atoms with Gasteiger partial charge in [0.25, 0.3) is 5.91 Å². The summed E-state index contributed by atoms with van der Waals surface area (Å²) in [6.45, 7) is 4.62. The molecule has 0 fully saturated rings. The largest absolute Gasteiger partial charge is 0.487 e. The molecule has 1 atom stereocenters. The Morgan fingerprint density at radius 2 is 1.96 bits per heavy atom. The van der Waals surface area contributed by atoms with Crippen molar-refractivity contribution in [1.82, 2.24) is 0 Å². The van der Waals surface area contributed by atoms with Crippen LogP contribution in [-0.2, 0) is 11.2 Å². The van der Waals surface area contributed by atoms with Crippen LogP contribution in [0.5, 0.6) is 11.5 Å². The first-order valence-corrected chi connectivity index (χ1v) is 7.95. The van der Waals surface area contributed by atoms with Gasteiger partial charge in [-0.1, -0.05) is 31.2 Å².